The Morgan fingerprint density at radius 1 is 1.20 bits per heavy atom. The van der Waals surface area contributed by atoms with Gasteiger partial charge in [-0.2, -0.15) is 4.31 Å². The summed E-state index contributed by atoms with van der Waals surface area (Å²) in [5.74, 6) is -0.845. The zero-order valence-electron chi connectivity index (χ0n) is 18.1. The lowest BCUT2D eigenvalue weighted by Crippen LogP contribution is -2.48. The third-order valence-corrected chi connectivity index (χ3v) is 6.55. The second-order valence-corrected chi connectivity index (χ2v) is 9.68. The van der Waals surface area contributed by atoms with Crippen molar-refractivity contribution in [1.29, 1.82) is 0 Å². The lowest BCUT2D eigenvalue weighted by atomic mass is 10.0. The van der Waals surface area contributed by atoms with E-state index in [9.17, 15) is 18.0 Å². The van der Waals surface area contributed by atoms with E-state index in [0.717, 1.165) is 0 Å². The maximum atomic E-state index is 13.4. The van der Waals surface area contributed by atoms with Crippen LogP contribution in [0.25, 0.3) is 0 Å². The number of sulfonamides is 1. The number of hydrogen-bond donors (Lipinski definition) is 0. The molecule has 0 N–H and O–H groups in total. The van der Waals surface area contributed by atoms with Crippen molar-refractivity contribution in [3.8, 4) is 5.75 Å². The van der Waals surface area contributed by atoms with Gasteiger partial charge in [-0.3, -0.25) is 9.59 Å². The molecule has 9 nitrogen and oxygen atoms in total. The molecule has 0 aliphatic carbocycles. The van der Waals surface area contributed by atoms with E-state index in [-0.39, 0.29) is 42.4 Å². The summed E-state index contributed by atoms with van der Waals surface area (Å²) in [6, 6.07) is 4.16. The highest BCUT2D eigenvalue weighted by Crippen LogP contribution is 2.28. The fourth-order valence-corrected chi connectivity index (χ4v) is 4.48. The first kappa shape index (κ1) is 24.1. The van der Waals surface area contributed by atoms with Crippen molar-refractivity contribution in [2.24, 2.45) is 0 Å². The van der Waals surface area contributed by atoms with Crippen LogP contribution in [0.3, 0.4) is 0 Å². The predicted molar refractivity (Wildman–Crippen MR) is 110 cm³/mol. The summed E-state index contributed by atoms with van der Waals surface area (Å²) in [5, 5.41) is 0. The highest BCUT2D eigenvalue weighted by molar-refractivity contribution is 7.89. The van der Waals surface area contributed by atoms with Gasteiger partial charge in [0.05, 0.1) is 37.4 Å². The Morgan fingerprint density at radius 3 is 2.37 bits per heavy atom. The van der Waals surface area contributed by atoms with Crippen LogP contribution >= 0.6 is 0 Å². The second kappa shape index (κ2) is 9.76. The van der Waals surface area contributed by atoms with Crippen molar-refractivity contribution in [3.05, 3.63) is 23.8 Å². The van der Waals surface area contributed by atoms with Crippen LogP contribution in [-0.2, 0) is 24.3 Å². The first-order valence-electron chi connectivity index (χ1n) is 9.76. The van der Waals surface area contributed by atoms with Crippen LogP contribution in [0.4, 0.5) is 0 Å². The van der Waals surface area contributed by atoms with Crippen LogP contribution in [0.5, 0.6) is 5.75 Å². The van der Waals surface area contributed by atoms with E-state index in [4.69, 9.17) is 14.2 Å². The van der Waals surface area contributed by atoms with Crippen molar-refractivity contribution in [1.82, 2.24) is 9.21 Å². The Balaban J connectivity index is 2.46. The number of benzene rings is 1. The number of hydrogen-bond acceptors (Lipinski definition) is 7. The molecule has 1 aromatic rings. The van der Waals surface area contributed by atoms with E-state index in [2.05, 4.69) is 0 Å². The van der Waals surface area contributed by atoms with Crippen molar-refractivity contribution in [3.63, 3.8) is 0 Å². The normalized spacial score (nSPS) is 15.5. The lowest BCUT2D eigenvalue weighted by Gasteiger charge is -2.35. The van der Waals surface area contributed by atoms with Gasteiger partial charge in [0.25, 0.3) is 5.91 Å². The maximum absolute atomic E-state index is 13.4. The summed E-state index contributed by atoms with van der Waals surface area (Å²) in [6.07, 6.45) is 0. The molecule has 1 aliphatic heterocycles. The van der Waals surface area contributed by atoms with E-state index in [1.54, 1.807) is 27.7 Å². The van der Waals surface area contributed by atoms with Gasteiger partial charge in [-0.15, -0.1) is 0 Å². The smallest absolute Gasteiger partial charge is 0.325 e. The van der Waals surface area contributed by atoms with E-state index in [1.165, 1.54) is 34.5 Å². The Kier molecular flexibility index (Phi) is 7.84. The molecule has 0 radical (unpaired) electrons. The largest absolute Gasteiger partial charge is 0.496 e. The highest BCUT2D eigenvalue weighted by Gasteiger charge is 2.33. The molecule has 1 amide bonds. The van der Waals surface area contributed by atoms with Crippen LogP contribution in [0, 0.1) is 0 Å². The molecule has 1 aromatic carbocycles. The minimum atomic E-state index is -3.80. The molecule has 1 fully saturated rings. The first-order chi connectivity index (χ1) is 14.0. The quantitative estimate of drug-likeness (QED) is 0.590. The topological polar surface area (TPSA) is 102 Å². The third kappa shape index (κ3) is 5.50. The Hall–Kier alpha value is -2.17. The summed E-state index contributed by atoms with van der Waals surface area (Å²) in [5.41, 5.74) is -0.653. The van der Waals surface area contributed by atoms with Gasteiger partial charge in [0.2, 0.25) is 10.0 Å². The molecule has 1 heterocycles. The second-order valence-electron chi connectivity index (χ2n) is 7.75. The molecule has 0 unspecified atom stereocenters. The molecular weight excluding hydrogens is 412 g/mol. The number of esters is 1. The third-order valence-electron chi connectivity index (χ3n) is 4.66. The van der Waals surface area contributed by atoms with Crippen LogP contribution in [0.15, 0.2) is 23.1 Å². The number of carbonyl (C=O) groups excluding carboxylic acids is 2. The lowest BCUT2D eigenvalue weighted by molar-refractivity contribution is -0.144. The molecule has 168 valence electrons. The van der Waals surface area contributed by atoms with Gasteiger partial charge in [-0.25, -0.2) is 8.42 Å². The molecule has 0 bridgehead atoms. The molecule has 0 atom stereocenters. The van der Waals surface area contributed by atoms with Gasteiger partial charge >= 0.3 is 5.97 Å². The van der Waals surface area contributed by atoms with Gasteiger partial charge in [0.15, 0.2) is 0 Å². The maximum Gasteiger partial charge on any atom is 0.325 e. The summed E-state index contributed by atoms with van der Waals surface area (Å²) < 4.78 is 42.9. The number of carbonyl (C=O) groups is 2. The Bertz CT molecular complexity index is 872. The molecular formula is C20H30N2O7S. The van der Waals surface area contributed by atoms with Gasteiger partial charge in [-0.1, -0.05) is 0 Å². The zero-order valence-corrected chi connectivity index (χ0v) is 19.0. The highest BCUT2D eigenvalue weighted by atomic mass is 32.2. The summed E-state index contributed by atoms with van der Waals surface area (Å²) in [7, 11) is -2.40. The van der Waals surface area contributed by atoms with E-state index < -0.39 is 27.4 Å². The van der Waals surface area contributed by atoms with Gasteiger partial charge < -0.3 is 19.1 Å². The molecule has 1 saturated heterocycles. The molecule has 0 spiro atoms. The average molecular weight is 443 g/mol. The van der Waals surface area contributed by atoms with Crippen LogP contribution in [0.2, 0.25) is 0 Å². The van der Waals surface area contributed by atoms with Crippen molar-refractivity contribution in [2.45, 2.75) is 38.1 Å². The van der Waals surface area contributed by atoms with E-state index in [1.807, 2.05) is 0 Å². The summed E-state index contributed by atoms with van der Waals surface area (Å²) >= 11 is 0. The van der Waals surface area contributed by atoms with Crippen molar-refractivity contribution >= 4 is 21.9 Å². The molecule has 0 saturated carbocycles. The standard InChI is InChI=1S/C20H30N2O7S/c1-6-29-18(23)14-22(20(2,3)4)19(24)16-13-15(7-8-17(16)27-5)30(25,26)21-9-11-28-12-10-21/h7-8,13H,6,9-12,14H2,1-5H3. The van der Waals surface area contributed by atoms with E-state index >= 15 is 0 Å². The first-order valence-corrected chi connectivity index (χ1v) is 11.2. The molecule has 0 aromatic heterocycles. The monoisotopic (exact) mass is 442 g/mol. The van der Waals surface area contributed by atoms with Crippen molar-refractivity contribution in [2.75, 3.05) is 46.6 Å². The van der Waals surface area contributed by atoms with Gasteiger partial charge in [0.1, 0.15) is 12.3 Å². The fraction of sp³-hybridized carbons (Fsp3) is 0.600. The average Bonchev–Trinajstić information content (AvgIpc) is 2.71. The summed E-state index contributed by atoms with van der Waals surface area (Å²) in [4.78, 5) is 26.8. The fourth-order valence-electron chi connectivity index (χ4n) is 3.05. The SMILES string of the molecule is CCOC(=O)CN(C(=O)c1cc(S(=O)(=O)N2CCOCC2)ccc1OC)C(C)(C)C. The predicted octanol–water partition coefficient (Wildman–Crippen LogP) is 1.52. The number of morpholine rings is 1. The molecule has 2 rings (SSSR count). The number of nitrogens with zero attached hydrogens (tertiary/aromatic N) is 2. The molecule has 30 heavy (non-hydrogen) atoms. The minimum absolute atomic E-state index is 0.0152. The van der Waals surface area contributed by atoms with Crippen LogP contribution < -0.4 is 4.74 Å². The van der Waals surface area contributed by atoms with E-state index in [0.29, 0.717) is 13.2 Å². The Labute approximate surface area is 177 Å². The molecule has 10 heteroatoms. The minimum Gasteiger partial charge on any atom is -0.496 e. The number of amides is 1. The number of methoxy groups -OCH3 is 1. The number of ether oxygens (including phenoxy) is 3. The van der Waals surface area contributed by atoms with Gasteiger partial charge in [0, 0.05) is 18.6 Å². The zero-order chi connectivity index (χ0) is 22.5. The molecule has 1 aliphatic rings. The summed E-state index contributed by atoms with van der Waals surface area (Å²) in [6.45, 7) is 8.09. The number of rotatable bonds is 7. The van der Waals surface area contributed by atoms with Crippen molar-refractivity contribution < 1.29 is 32.2 Å². The van der Waals surface area contributed by atoms with Gasteiger partial charge in [-0.05, 0) is 45.9 Å². The van der Waals surface area contributed by atoms with Crippen LogP contribution in [0.1, 0.15) is 38.1 Å². The van der Waals surface area contributed by atoms with Crippen LogP contribution in [-0.4, -0.2) is 81.6 Å². The Morgan fingerprint density at radius 2 is 1.83 bits per heavy atom.